The van der Waals surface area contributed by atoms with Crippen LogP contribution in [0.3, 0.4) is 0 Å². The van der Waals surface area contributed by atoms with Crippen molar-refractivity contribution in [3.8, 4) is 6.07 Å². The van der Waals surface area contributed by atoms with E-state index < -0.39 is 0 Å². The van der Waals surface area contributed by atoms with Crippen molar-refractivity contribution >= 4 is 17.3 Å². The van der Waals surface area contributed by atoms with E-state index in [1.54, 1.807) is 6.92 Å². The van der Waals surface area contributed by atoms with E-state index in [9.17, 15) is 4.79 Å². The number of nitrogens with one attached hydrogen (secondary N) is 1. The monoisotopic (exact) mass is 319 g/mol. The van der Waals surface area contributed by atoms with Gasteiger partial charge in [-0.05, 0) is 56.2 Å². The van der Waals surface area contributed by atoms with Crippen LogP contribution in [-0.4, -0.2) is 11.9 Å². The maximum absolute atomic E-state index is 12.1. The number of amides is 1. The highest BCUT2D eigenvalue weighted by molar-refractivity contribution is 5.93. The lowest BCUT2D eigenvalue weighted by Crippen LogP contribution is -2.43. The van der Waals surface area contributed by atoms with Crippen LogP contribution >= 0.6 is 0 Å². The molecule has 2 atom stereocenters. The molecular weight excluding hydrogens is 298 g/mol. The zero-order chi connectivity index (χ0) is 17.3. The average molecular weight is 319 g/mol. The summed E-state index contributed by atoms with van der Waals surface area (Å²) in [5, 5.41) is 12.5. The largest absolute Gasteiger partial charge is 0.378 e. The molecule has 0 fully saturated rings. The predicted octanol–water partition coefficient (Wildman–Crippen LogP) is 4.17. The van der Waals surface area contributed by atoms with Gasteiger partial charge in [-0.2, -0.15) is 5.26 Å². The third-order valence-corrected chi connectivity index (χ3v) is 4.53. The maximum atomic E-state index is 12.1. The van der Waals surface area contributed by atoms with Gasteiger partial charge in [0.15, 0.2) is 0 Å². The van der Waals surface area contributed by atoms with Crippen LogP contribution < -0.4 is 10.2 Å². The molecule has 4 heteroatoms. The Balaban J connectivity index is 1.96. The Morgan fingerprint density at radius 1 is 1.25 bits per heavy atom. The molecule has 0 saturated heterocycles. The summed E-state index contributed by atoms with van der Waals surface area (Å²) in [6.07, 6.45) is 0.843. The molecule has 0 saturated carbocycles. The molecule has 1 amide bonds. The number of aryl methyl sites for hydroxylation is 1. The average Bonchev–Trinajstić information content (AvgIpc) is 2.55. The number of carbonyl (C=O) groups excluding carboxylic acids is 1. The number of hydrogen-bond acceptors (Lipinski definition) is 3. The number of hydrogen-bond donors (Lipinski definition) is 1. The van der Waals surface area contributed by atoms with Crippen LogP contribution in [0.25, 0.3) is 0 Å². The molecule has 1 aliphatic rings. The van der Waals surface area contributed by atoms with Gasteiger partial charge >= 0.3 is 0 Å². The highest BCUT2D eigenvalue weighted by atomic mass is 16.2. The molecule has 1 N–H and O–H groups in total. The quantitative estimate of drug-likeness (QED) is 0.904. The van der Waals surface area contributed by atoms with E-state index in [-0.39, 0.29) is 18.0 Å². The number of fused-ring (bicyclic) bond motifs is 1. The Kier molecular flexibility index (Phi) is 4.26. The Hall–Kier alpha value is -2.80. The van der Waals surface area contributed by atoms with Crippen LogP contribution in [0.1, 0.15) is 43.0 Å². The minimum absolute atomic E-state index is 0.0735. The minimum Gasteiger partial charge on any atom is -0.378 e. The fraction of sp³-hybridized carbons (Fsp3) is 0.300. The van der Waals surface area contributed by atoms with Gasteiger partial charge in [-0.3, -0.25) is 4.79 Å². The number of carbonyl (C=O) groups is 1. The second-order valence-electron chi connectivity index (χ2n) is 6.42. The summed E-state index contributed by atoms with van der Waals surface area (Å²) in [5.41, 5.74) is 4.94. The van der Waals surface area contributed by atoms with E-state index in [0.717, 1.165) is 23.4 Å². The van der Waals surface area contributed by atoms with Crippen molar-refractivity contribution in [3.05, 3.63) is 59.2 Å². The highest BCUT2D eigenvalue weighted by Crippen LogP contribution is 2.39. The van der Waals surface area contributed by atoms with Gasteiger partial charge in [-0.1, -0.05) is 17.7 Å². The van der Waals surface area contributed by atoms with Crippen molar-refractivity contribution < 1.29 is 4.79 Å². The number of anilines is 2. The smallest absolute Gasteiger partial charge is 0.224 e. The van der Waals surface area contributed by atoms with Crippen LogP contribution in [0.15, 0.2) is 42.5 Å². The van der Waals surface area contributed by atoms with Gasteiger partial charge in [-0.15, -0.1) is 0 Å². The number of nitrogens with zero attached hydrogens (tertiary/aromatic N) is 2. The first kappa shape index (κ1) is 16.1. The van der Waals surface area contributed by atoms with E-state index in [2.05, 4.69) is 31.3 Å². The summed E-state index contributed by atoms with van der Waals surface area (Å²) < 4.78 is 0. The van der Waals surface area contributed by atoms with Crippen LogP contribution in [0.2, 0.25) is 0 Å². The summed E-state index contributed by atoms with van der Waals surface area (Å²) in [7, 11) is 0. The van der Waals surface area contributed by atoms with Gasteiger partial charge in [0.2, 0.25) is 5.91 Å². The first-order valence-corrected chi connectivity index (χ1v) is 8.16. The van der Waals surface area contributed by atoms with E-state index in [0.29, 0.717) is 5.56 Å². The van der Waals surface area contributed by atoms with Gasteiger partial charge in [0.05, 0.1) is 17.7 Å². The van der Waals surface area contributed by atoms with Gasteiger partial charge in [-0.25, -0.2) is 0 Å². The van der Waals surface area contributed by atoms with Gasteiger partial charge in [0.1, 0.15) is 0 Å². The lowest BCUT2D eigenvalue weighted by molar-refractivity contribution is -0.117. The summed E-state index contributed by atoms with van der Waals surface area (Å²) in [6.45, 7) is 5.77. The molecule has 1 heterocycles. The lowest BCUT2D eigenvalue weighted by atomic mass is 9.90. The molecule has 0 spiro atoms. The maximum Gasteiger partial charge on any atom is 0.224 e. The van der Waals surface area contributed by atoms with Crippen LogP contribution in [0.4, 0.5) is 11.4 Å². The first-order valence-electron chi connectivity index (χ1n) is 8.16. The van der Waals surface area contributed by atoms with Gasteiger partial charge in [0.25, 0.3) is 0 Å². The van der Waals surface area contributed by atoms with E-state index >= 15 is 0 Å². The molecular formula is C20H21N3O. The molecule has 24 heavy (non-hydrogen) atoms. The highest BCUT2D eigenvalue weighted by Gasteiger charge is 2.32. The first-order chi connectivity index (χ1) is 11.5. The molecule has 0 radical (unpaired) electrons. The minimum atomic E-state index is 0.0735. The second-order valence-corrected chi connectivity index (χ2v) is 6.42. The molecule has 0 aromatic heterocycles. The molecule has 1 aliphatic heterocycles. The van der Waals surface area contributed by atoms with E-state index in [1.807, 2.05) is 41.3 Å². The Labute approximate surface area is 142 Å². The Bertz CT molecular complexity index is 805. The predicted molar refractivity (Wildman–Crippen MR) is 95.9 cm³/mol. The standard InChI is InChI=1S/C20H21N3O/c1-13-4-9-20-18(10-13)19(11-14(2)23(20)15(3)24)22-17-7-5-16(12-21)6-8-17/h4-10,14,19,22H,11H2,1-3H3/t14-,19+/m0/s1. The molecule has 0 aliphatic carbocycles. The molecule has 2 aromatic carbocycles. The molecule has 3 rings (SSSR count). The van der Waals surface area contributed by atoms with Crippen molar-refractivity contribution in [2.24, 2.45) is 0 Å². The lowest BCUT2D eigenvalue weighted by Gasteiger charge is -2.39. The normalized spacial score (nSPS) is 19.3. The van der Waals surface area contributed by atoms with Crippen molar-refractivity contribution in [2.45, 2.75) is 39.3 Å². The number of rotatable bonds is 2. The van der Waals surface area contributed by atoms with Crippen molar-refractivity contribution in [2.75, 3.05) is 10.2 Å². The zero-order valence-electron chi connectivity index (χ0n) is 14.2. The molecule has 4 nitrogen and oxygen atoms in total. The molecule has 0 bridgehead atoms. The fourth-order valence-corrected chi connectivity index (χ4v) is 3.44. The third kappa shape index (κ3) is 2.98. The molecule has 2 aromatic rings. The summed E-state index contributed by atoms with van der Waals surface area (Å²) in [5.74, 6) is 0.0735. The Morgan fingerprint density at radius 2 is 1.96 bits per heavy atom. The van der Waals surface area contributed by atoms with Gasteiger partial charge in [0, 0.05) is 24.3 Å². The van der Waals surface area contributed by atoms with Crippen LogP contribution in [-0.2, 0) is 4.79 Å². The van der Waals surface area contributed by atoms with Gasteiger partial charge < -0.3 is 10.2 Å². The van der Waals surface area contributed by atoms with Crippen molar-refractivity contribution in [1.82, 2.24) is 0 Å². The van der Waals surface area contributed by atoms with Crippen LogP contribution in [0.5, 0.6) is 0 Å². The van der Waals surface area contributed by atoms with E-state index in [4.69, 9.17) is 5.26 Å². The third-order valence-electron chi connectivity index (χ3n) is 4.53. The van der Waals surface area contributed by atoms with E-state index in [1.165, 1.54) is 5.56 Å². The molecule has 0 unspecified atom stereocenters. The molecule has 122 valence electrons. The summed E-state index contributed by atoms with van der Waals surface area (Å²) in [6, 6.07) is 16.1. The second kappa shape index (κ2) is 6.37. The van der Waals surface area contributed by atoms with Crippen molar-refractivity contribution in [1.29, 1.82) is 5.26 Å². The number of benzene rings is 2. The van der Waals surface area contributed by atoms with Crippen molar-refractivity contribution in [3.63, 3.8) is 0 Å². The summed E-state index contributed by atoms with van der Waals surface area (Å²) >= 11 is 0. The number of nitriles is 1. The fourth-order valence-electron chi connectivity index (χ4n) is 3.44. The summed E-state index contributed by atoms with van der Waals surface area (Å²) in [4.78, 5) is 13.9. The topological polar surface area (TPSA) is 56.1 Å². The van der Waals surface area contributed by atoms with Crippen LogP contribution in [0, 0.1) is 18.3 Å². The zero-order valence-corrected chi connectivity index (χ0v) is 14.2. The Morgan fingerprint density at radius 3 is 2.58 bits per heavy atom. The SMILES string of the molecule is CC(=O)N1c2ccc(C)cc2[C@H](Nc2ccc(C#N)cc2)C[C@@H]1C.